The van der Waals surface area contributed by atoms with Gasteiger partial charge < -0.3 is 5.73 Å². The number of carbonyl (C=O) groups excluding carboxylic acids is 4. The third-order valence-electron chi connectivity index (χ3n) is 4.35. The molecule has 0 radical (unpaired) electrons. The smallest absolute Gasteiger partial charge is 0.262 e. The van der Waals surface area contributed by atoms with Crippen LogP contribution < -0.4 is 21.5 Å². The molecule has 0 bridgehead atoms. The van der Waals surface area contributed by atoms with E-state index >= 15 is 0 Å². The summed E-state index contributed by atoms with van der Waals surface area (Å²) in [7, 11) is 0. The van der Waals surface area contributed by atoms with Gasteiger partial charge in [0.2, 0.25) is 11.8 Å². The quantitative estimate of drug-likeness (QED) is 0.729. The molecule has 1 fully saturated rings. The van der Waals surface area contributed by atoms with E-state index in [1.165, 1.54) is 6.07 Å². The summed E-state index contributed by atoms with van der Waals surface area (Å²) < 4.78 is 1.06. The fourth-order valence-corrected chi connectivity index (χ4v) is 3.18. The third kappa shape index (κ3) is 2.14. The molecule has 1 aromatic heterocycles. The lowest BCUT2D eigenvalue weighted by molar-refractivity contribution is -0.121. The Morgan fingerprint density at radius 1 is 0.885 bits per heavy atom. The van der Waals surface area contributed by atoms with Gasteiger partial charge in [-0.3, -0.25) is 38.8 Å². The number of amides is 4. The standard InChI is InChI=1S/C17H12N4O5/c18-15-14-10(16(25)19-17(14)26)7-13(24)21(15)9-3-1-2-8(6-9)20-11(22)4-5-12(20)23/h1-3,6-7H,4-5,18H2,(H,19,25,26). The van der Waals surface area contributed by atoms with Gasteiger partial charge in [0.25, 0.3) is 17.4 Å². The Morgan fingerprint density at radius 3 is 2.23 bits per heavy atom. The number of hydrogen-bond acceptors (Lipinski definition) is 6. The Hall–Kier alpha value is -3.75. The van der Waals surface area contributed by atoms with Crippen LogP contribution in [-0.4, -0.2) is 28.2 Å². The molecule has 9 nitrogen and oxygen atoms in total. The summed E-state index contributed by atoms with van der Waals surface area (Å²) in [5.74, 6) is -2.20. The van der Waals surface area contributed by atoms with E-state index in [1.54, 1.807) is 18.2 Å². The highest BCUT2D eigenvalue weighted by atomic mass is 16.2. The van der Waals surface area contributed by atoms with Crippen LogP contribution in [0.25, 0.3) is 5.69 Å². The number of hydrogen-bond donors (Lipinski definition) is 2. The van der Waals surface area contributed by atoms with Crippen LogP contribution in [0.15, 0.2) is 35.1 Å². The first kappa shape index (κ1) is 15.8. The molecule has 3 N–H and O–H groups in total. The summed E-state index contributed by atoms with van der Waals surface area (Å²) in [4.78, 5) is 61.0. The summed E-state index contributed by atoms with van der Waals surface area (Å²) in [5, 5.41) is 2.09. The second-order valence-corrected chi connectivity index (χ2v) is 5.92. The minimum absolute atomic E-state index is 0.0743. The number of imide groups is 2. The van der Waals surface area contributed by atoms with Gasteiger partial charge in [0.15, 0.2) is 0 Å². The van der Waals surface area contributed by atoms with Crippen LogP contribution in [0, 0.1) is 0 Å². The van der Waals surface area contributed by atoms with E-state index in [-0.39, 0.29) is 47.3 Å². The Morgan fingerprint density at radius 2 is 1.54 bits per heavy atom. The molecule has 0 atom stereocenters. The van der Waals surface area contributed by atoms with Crippen LogP contribution in [0.3, 0.4) is 0 Å². The molecule has 3 heterocycles. The summed E-state index contributed by atoms with van der Waals surface area (Å²) in [6, 6.07) is 7.17. The van der Waals surface area contributed by atoms with Crippen molar-refractivity contribution in [1.29, 1.82) is 0 Å². The third-order valence-corrected chi connectivity index (χ3v) is 4.35. The first-order valence-electron chi connectivity index (χ1n) is 7.76. The summed E-state index contributed by atoms with van der Waals surface area (Å²) in [6.45, 7) is 0. The van der Waals surface area contributed by atoms with Crippen LogP contribution >= 0.6 is 0 Å². The average Bonchev–Trinajstić information content (AvgIpc) is 3.06. The lowest BCUT2D eigenvalue weighted by Gasteiger charge is -2.17. The molecule has 26 heavy (non-hydrogen) atoms. The van der Waals surface area contributed by atoms with Gasteiger partial charge in [-0.15, -0.1) is 0 Å². The number of nitrogen functional groups attached to an aromatic ring is 1. The van der Waals surface area contributed by atoms with Crippen molar-refractivity contribution >= 4 is 35.1 Å². The van der Waals surface area contributed by atoms with Gasteiger partial charge in [0, 0.05) is 18.9 Å². The minimum atomic E-state index is -0.683. The summed E-state index contributed by atoms with van der Waals surface area (Å²) in [6.07, 6.45) is 0.262. The number of carbonyl (C=O) groups is 4. The molecule has 2 aliphatic rings. The van der Waals surface area contributed by atoms with E-state index in [9.17, 15) is 24.0 Å². The van der Waals surface area contributed by atoms with Crippen molar-refractivity contribution in [2.45, 2.75) is 12.8 Å². The molecule has 0 unspecified atom stereocenters. The number of benzene rings is 1. The zero-order valence-corrected chi connectivity index (χ0v) is 13.3. The lowest BCUT2D eigenvalue weighted by atomic mass is 10.1. The molecule has 0 saturated carbocycles. The number of aromatic nitrogens is 1. The van der Waals surface area contributed by atoms with Crippen molar-refractivity contribution < 1.29 is 19.2 Å². The number of rotatable bonds is 2. The van der Waals surface area contributed by atoms with Crippen molar-refractivity contribution in [3.05, 3.63) is 51.8 Å². The van der Waals surface area contributed by atoms with E-state index in [0.717, 1.165) is 15.5 Å². The van der Waals surface area contributed by atoms with Gasteiger partial charge in [-0.1, -0.05) is 6.07 Å². The first-order valence-corrected chi connectivity index (χ1v) is 7.76. The Kier molecular flexibility index (Phi) is 3.26. The summed E-state index contributed by atoms with van der Waals surface area (Å²) >= 11 is 0. The van der Waals surface area contributed by atoms with Gasteiger partial charge in [0.05, 0.1) is 22.5 Å². The van der Waals surface area contributed by atoms with E-state index in [0.29, 0.717) is 5.69 Å². The number of anilines is 2. The Balaban J connectivity index is 1.89. The molecule has 0 aliphatic carbocycles. The molecule has 9 heteroatoms. The largest absolute Gasteiger partial charge is 0.384 e. The highest BCUT2D eigenvalue weighted by Gasteiger charge is 2.33. The van der Waals surface area contributed by atoms with Gasteiger partial charge in [-0.05, 0) is 18.2 Å². The topological polar surface area (TPSA) is 132 Å². The molecular weight excluding hydrogens is 340 g/mol. The van der Waals surface area contributed by atoms with E-state index < -0.39 is 17.4 Å². The second kappa shape index (κ2) is 5.38. The first-order chi connectivity index (χ1) is 12.4. The zero-order valence-electron chi connectivity index (χ0n) is 13.3. The van der Waals surface area contributed by atoms with Gasteiger partial charge in [0.1, 0.15) is 5.82 Å². The highest BCUT2D eigenvalue weighted by Crippen LogP contribution is 2.27. The Bertz CT molecular complexity index is 1070. The molecular formula is C17H12N4O5. The SMILES string of the molecule is Nc1c2c(cc(=O)n1-c1cccc(N3C(=O)CCC3=O)c1)C(=O)NC2=O. The molecule has 2 aromatic rings. The lowest BCUT2D eigenvalue weighted by Crippen LogP contribution is -2.29. The molecule has 2 aliphatic heterocycles. The zero-order chi connectivity index (χ0) is 18.6. The maximum Gasteiger partial charge on any atom is 0.262 e. The molecule has 4 rings (SSSR count). The van der Waals surface area contributed by atoms with Crippen molar-refractivity contribution in [3.63, 3.8) is 0 Å². The fourth-order valence-electron chi connectivity index (χ4n) is 3.18. The fraction of sp³-hybridized carbons (Fsp3) is 0.118. The summed E-state index contributed by atoms with van der Waals surface area (Å²) in [5.41, 5.74) is 5.80. The maximum atomic E-state index is 12.5. The molecule has 130 valence electrons. The van der Waals surface area contributed by atoms with Gasteiger partial charge in [-0.2, -0.15) is 0 Å². The molecule has 1 aromatic carbocycles. The molecule has 0 spiro atoms. The van der Waals surface area contributed by atoms with Crippen molar-refractivity contribution in [2.24, 2.45) is 0 Å². The van der Waals surface area contributed by atoms with Crippen LogP contribution in [0.2, 0.25) is 0 Å². The second-order valence-electron chi connectivity index (χ2n) is 5.92. The van der Waals surface area contributed by atoms with Gasteiger partial charge >= 0.3 is 0 Å². The van der Waals surface area contributed by atoms with Crippen LogP contribution in [0.1, 0.15) is 33.6 Å². The van der Waals surface area contributed by atoms with Crippen molar-refractivity contribution in [2.75, 3.05) is 10.6 Å². The van der Waals surface area contributed by atoms with Crippen LogP contribution in [0.4, 0.5) is 11.5 Å². The highest BCUT2D eigenvalue weighted by molar-refractivity contribution is 6.23. The average molecular weight is 352 g/mol. The monoisotopic (exact) mass is 352 g/mol. The number of nitrogens with zero attached hydrogens (tertiary/aromatic N) is 2. The van der Waals surface area contributed by atoms with Crippen LogP contribution in [-0.2, 0) is 9.59 Å². The molecule has 4 amide bonds. The van der Waals surface area contributed by atoms with E-state index in [1.807, 2.05) is 0 Å². The maximum absolute atomic E-state index is 12.5. The van der Waals surface area contributed by atoms with Crippen molar-refractivity contribution in [3.8, 4) is 5.69 Å². The minimum Gasteiger partial charge on any atom is -0.384 e. The number of fused-ring (bicyclic) bond motifs is 1. The molecule has 1 saturated heterocycles. The Labute approximate surface area is 146 Å². The predicted octanol–water partition coefficient (Wildman–Crippen LogP) is -0.0433. The van der Waals surface area contributed by atoms with Crippen molar-refractivity contribution in [1.82, 2.24) is 9.88 Å². The van der Waals surface area contributed by atoms with E-state index in [4.69, 9.17) is 5.73 Å². The number of nitrogens with two attached hydrogens (primary N) is 1. The predicted molar refractivity (Wildman–Crippen MR) is 90.0 cm³/mol. The van der Waals surface area contributed by atoms with Gasteiger partial charge in [-0.25, -0.2) is 0 Å². The van der Waals surface area contributed by atoms with Crippen LogP contribution in [0.5, 0.6) is 0 Å². The number of nitrogens with one attached hydrogen (secondary N) is 1. The number of pyridine rings is 1. The normalized spacial score (nSPS) is 16.2. The van der Waals surface area contributed by atoms with E-state index in [2.05, 4.69) is 5.32 Å².